The van der Waals surface area contributed by atoms with Crippen molar-refractivity contribution in [3.63, 3.8) is 0 Å². The number of amides is 1. The summed E-state index contributed by atoms with van der Waals surface area (Å²) in [5, 5.41) is 3.51. The summed E-state index contributed by atoms with van der Waals surface area (Å²) >= 11 is 5.91. The van der Waals surface area contributed by atoms with Gasteiger partial charge in [0, 0.05) is 17.1 Å². The number of carbonyl (C=O) groups excluding carboxylic acids is 1. The van der Waals surface area contributed by atoms with Gasteiger partial charge in [0.05, 0.1) is 11.7 Å². The Balaban J connectivity index is 1.89. The molecule has 0 aromatic heterocycles. The van der Waals surface area contributed by atoms with Gasteiger partial charge in [-0.2, -0.15) is 8.42 Å². The van der Waals surface area contributed by atoms with Crippen LogP contribution in [0.15, 0.2) is 51.8 Å². The molecule has 0 unspecified atom stereocenters. The molecule has 1 atom stereocenters. The number of nitrogens with one attached hydrogen (secondary N) is 1. The summed E-state index contributed by atoms with van der Waals surface area (Å²) in [6, 6.07) is 11.7. The minimum absolute atomic E-state index is 0.0514. The summed E-state index contributed by atoms with van der Waals surface area (Å²) < 4.78 is 29.1. The first-order valence-corrected chi connectivity index (χ1v) is 11.2. The predicted octanol–water partition coefficient (Wildman–Crippen LogP) is 4.41. The van der Waals surface area contributed by atoms with Gasteiger partial charge in [0.1, 0.15) is 10.7 Å². The van der Waals surface area contributed by atoms with Crippen LogP contribution in [0.1, 0.15) is 49.7 Å². The molecule has 6 nitrogen and oxygen atoms in total. The van der Waals surface area contributed by atoms with E-state index in [0.29, 0.717) is 29.0 Å². The van der Waals surface area contributed by atoms with Crippen LogP contribution < -0.4 is 10.2 Å². The molecular formula is C21H24ClN3O3S. The maximum absolute atomic E-state index is 12.7. The number of hydrogen-bond donors (Lipinski definition) is 1. The Morgan fingerprint density at radius 3 is 2.41 bits per heavy atom. The molecule has 0 aliphatic carbocycles. The highest BCUT2D eigenvalue weighted by Crippen LogP contribution is 2.33. The van der Waals surface area contributed by atoms with Crippen molar-refractivity contribution in [2.24, 2.45) is 10.3 Å². The number of fused-ring (bicyclic) bond motifs is 1. The number of benzene rings is 2. The van der Waals surface area contributed by atoms with Crippen LogP contribution in [0.3, 0.4) is 0 Å². The van der Waals surface area contributed by atoms with Gasteiger partial charge in [0.25, 0.3) is 15.9 Å². The van der Waals surface area contributed by atoms with Gasteiger partial charge < -0.3 is 10.2 Å². The topological polar surface area (TPSA) is 78.8 Å². The summed E-state index contributed by atoms with van der Waals surface area (Å²) in [6.45, 7) is 8.27. The Labute approximate surface area is 176 Å². The highest BCUT2D eigenvalue weighted by Gasteiger charge is 2.30. The first-order valence-electron chi connectivity index (χ1n) is 9.38. The lowest BCUT2D eigenvalue weighted by molar-refractivity contribution is 0.0939. The second kappa shape index (κ2) is 8.16. The first kappa shape index (κ1) is 21.3. The Bertz CT molecular complexity index is 1060. The molecular weight excluding hydrogens is 410 g/mol. The Morgan fingerprint density at radius 1 is 1.14 bits per heavy atom. The molecule has 0 saturated carbocycles. The van der Waals surface area contributed by atoms with Crippen molar-refractivity contribution in [1.29, 1.82) is 0 Å². The fourth-order valence-electron chi connectivity index (χ4n) is 3.24. The number of anilines is 1. The van der Waals surface area contributed by atoms with Gasteiger partial charge in [-0.3, -0.25) is 4.79 Å². The van der Waals surface area contributed by atoms with Gasteiger partial charge in [0.2, 0.25) is 0 Å². The highest BCUT2D eigenvalue weighted by molar-refractivity contribution is 7.90. The van der Waals surface area contributed by atoms with Crippen molar-refractivity contribution in [3.8, 4) is 0 Å². The fourth-order valence-corrected chi connectivity index (χ4v) is 4.63. The maximum atomic E-state index is 12.7. The maximum Gasteiger partial charge on any atom is 0.286 e. The molecule has 0 fully saturated rings. The van der Waals surface area contributed by atoms with Crippen LogP contribution in [-0.2, 0) is 10.0 Å². The zero-order chi connectivity index (χ0) is 21.3. The quantitative estimate of drug-likeness (QED) is 0.757. The second-order valence-corrected chi connectivity index (χ2v) is 9.56. The molecule has 2 aromatic carbocycles. The number of hydrogen-bond acceptors (Lipinski definition) is 4. The minimum Gasteiger partial charge on any atom is -0.346 e. The molecule has 154 valence electrons. The normalized spacial score (nSPS) is 16.2. The number of halogens is 1. The average Bonchev–Trinajstić information content (AvgIpc) is 2.64. The lowest BCUT2D eigenvalue weighted by Crippen LogP contribution is -2.37. The molecule has 0 bridgehead atoms. The smallest absolute Gasteiger partial charge is 0.286 e. The van der Waals surface area contributed by atoms with Crippen LogP contribution in [0.25, 0.3) is 0 Å². The van der Waals surface area contributed by atoms with E-state index < -0.39 is 10.0 Å². The molecule has 1 heterocycles. The van der Waals surface area contributed by atoms with E-state index in [1.54, 1.807) is 31.2 Å². The largest absolute Gasteiger partial charge is 0.346 e. The van der Waals surface area contributed by atoms with Gasteiger partial charge in [-0.05, 0) is 55.7 Å². The lowest BCUT2D eigenvalue weighted by atomic mass is 10.1. The van der Waals surface area contributed by atoms with E-state index >= 15 is 0 Å². The van der Waals surface area contributed by atoms with Crippen molar-refractivity contribution >= 4 is 39.1 Å². The van der Waals surface area contributed by atoms with Gasteiger partial charge in [0.15, 0.2) is 0 Å². The third-order valence-corrected chi connectivity index (χ3v) is 6.34. The van der Waals surface area contributed by atoms with Gasteiger partial charge in [-0.1, -0.05) is 37.6 Å². The zero-order valence-corrected chi connectivity index (χ0v) is 18.4. The van der Waals surface area contributed by atoms with E-state index in [1.807, 2.05) is 24.0 Å². The fraction of sp³-hybridized carbons (Fsp3) is 0.333. The number of rotatable bonds is 5. The third kappa shape index (κ3) is 4.62. The molecule has 1 N–H and O–H groups in total. The van der Waals surface area contributed by atoms with Crippen molar-refractivity contribution < 1.29 is 13.2 Å². The second-order valence-electron chi connectivity index (χ2n) is 7.55. The summed E-state index contributed by atoms with van der Waals surface area (Å²) in [4.78, 5) is 14.7. The highest BCUT2D eigenvalue weighted by atomic mass is 35.5. The lowest BCUT2D eigenvalue weighted by Gasteiger charge is -2.31. The van der Waals surface area contributed by atoms with Gasteiger partial charge >= 0.3 is 0 Å². The van der Waals surface area contributed by atoms with E-state index in [-0.39, 0.29) is 22.4 Å². The summed E-state index contributed by atoms with van der Waals surface area (Å²) in [5.41, 5.74) is 1.72. The number of carbonyl (C=O) groups is 1. The summed E-state index contributed by atoms with van der Waals surface area (Å²) in [5.74, 6) is 0.393. The molecule has 0 spiro atoms. The first-order chi connectivity index (χ1) is 13.6. The van der Waals surface area contributed by atoms with E-state index in [4.69, 9.17) is 11.6 Å². The predicted molar refractivity (Wildman–Crippen MR) is 116 cm³/mol. The van der Waals surface area contributed by atoms with E-state index in [9.17, 15) is 13.2 Å². The molecule has 2 aromatic rings. The van der Waals surface area contributed by atoms with Crippen LogP contribution in [0.5, 0.6) is 0 Å². The van der Waals surface area contributed by atoms with Gasteiger partial charge in [-0.15, -0.1) is 4.40 Å². The van der Waals surface area contributed by atoms with Gasteiger partial charge in [-0.25, -0.2) is 0 Å². The SMILES string of the molecule is CC1=NS(=O)(=O)c2cc(C(=O)N[C@H](C)c3ccc(Cl)cc3)ccc2N1CC(C)C. The Morgan fingerprint density at radius 2 is 1.79 bits per heavy atom. The van der Waals surface area contributed by atoms with Crippen LogP contribution in [-0.4, -0.2) is 26.7 Å². The zero-order valence-electron chi connectivity index (χ0n) is 16.8. The monoisotopic (exact) mass is 433 g/mol. The molecule has 8 heteroatoms. The van der Waals surface area contributed by atoms with E-state index in [0.717, 1.165) is 5.56 Å². The van der Waals surface area contributed by atoms with Crippen LogP contribution >= 0.6 is 11.6 Å². The van der Waals surface area contributed by atoms with Crippen LogP contribution in [0.2, 0.25) is 5.02 Å². The van der Waals surface area contributed by atoms with E-state index in [1.165, 1.54) is 6.07 Å². The van der Waals surface area contributed by atoms with Crippen LogP contribution in [0.4, 0.5) is 5.69 Å². The van der Waals surface area contributed by atoms with E-state index in [2.05, 4.69) is 23.6 Å². The molecule has 29 heavy (non-hydrogen) atoms. The van der Waals surface area contributed by atoms with Crippen LogP contribution in [0, 0.1) is 5.92 Å². The summed E-state index contributed by atoms with van der Waals surface area (Å²) in [7, 11) is -3.85. The minimum atomic E-state index is -3.85. The molecule has 0 radical (unpaired) electrons. The number of nitrogens with zero attached hydrogens (tertiary/aromatic N) is 2. The summed E-state index contributed by atoms with van der Waals surface area (Å²) in [6.07, 6.45) is 0. The molecule has 1 aliphatic rings. The van der Waals surface area contributed by atoms with Crippen molar-refractivity contribution in [2.45, 2.75) is 38.6 Å². The standard InChI is InChI=1S/C21H24ClN3O3S/c1-13(2)12-25-15(4)24-29(27,28)20-11-17(7-10-19(20)25)21(26)23-14(3)16-5-8-18(22)9-6-16/h5-11,13-14H,12H2,1-4H3,(H,23,26)/t14-/m1/s1. The third-order valence-electron chi connectivity index (χ3n) is 4.70. The Kier molecular flexibility index (Phi) is 6.00. The Hall–Kier alpha value is -2.38. The number of amidine groups is 1. The van der Waals surface area contributed by atoms with Crippen molar-refractivity contribution in [2.75, 3.05) is 11.4 Å². The van der Waals surface area contributed by atoms with Crippen molar-refractivity contribution in [1.82, 2.24) is 5.32 Å². The molecule has 3 rings (SSSR count). The molecule has 0 saturated heterocycles. The average molecular weight is 434 g/mol. The molecule has 1 amide bonds. The van der Waals surface area contributed by atoms with Crippen molar-refractivity contribution in [3.05, 3.63) is 58.6 Å². The number of sulfonamides is 1. The molecule has 1 aliphatic heterocycles.